The van der Waals surface area contributed by atoms with Gasteiger partial charge in [0.15, 0.2) is 5.82 Å². The third-order valence-electron chi connectivity index (χ3n) is 2.98. The number of aromatic nitrogens is 4. The maximum absolute atomic E-state index is 11.4. The van der Waals surface area contributed by atoms with Crippen LogP contribution < -0.4 is 0 Å². The van der Waals surface area contributed by atoms with Crippen molar-refractivity contribution in [2.45, 2.75) is 36.5 Å². The van der Waals surface area contributed by atoms with Gasteiger partial charge in [-0.15, -0.1) is 0 Å². The Kier molecular flexibility index (Phi) is 3.39. The number of carboxylic acid groups (broad SMARTS) is 1. The van der Waals surface area contributed by atoms with Gasteiger partial charge >= 0.3 is 5.97 Å². The number of aromatic carboxylic acids is 1. The molecule has 1 N–H and O–H groups in total. The molecule has 1 saturated carbocycles. The first-order chi connectivity index (χ1) is 9.65. The van der Waals surface area contributed by atoms with E-state index < -0.39 is 5.97 Å². The molecule has 7 nitrogen and oxygen atoms in total. The molecule has 3 rings (SSSR count). The van der Waals surface area contributed by atoms with Crippen LogP contribution in [0.2, 0.25) is 0 Å². The zero-order chi connectivity index (χ0) is 14.1. The van der Waals surface area contributed by atoms with Gasteiger partial charge in [0.1, 0.15) is 16.4 Å². The summed E-state index contributed by atoms with van der Waals surface area (Å²) in [7, 11) is 0. The number of nitrogens with zero attached hydrogens (tertiary/aromatic N) is 4. The molecule has 0 aliphatic heterocycles. The predicted octanol–water partition coefficient (Wildman–Crippen LogP) is 2.04. The van der Waals surface area contributed by atoms with Gasteiger partial charge in [-0.05, 0) is 19.8 Å². The number of carboxylic acids is 1. The van der Waals surface area contributed by atoms with Crippen LogP contribution in [-0.2, 0) is 5.75 Å². The van der Waals surface area contributed by atoms with Crippen LogP contribution in [0.1, 0.15) is 46.5 Å². The average Bonchev–Trinajstić information content (AvgIpc) is 3.12. The molecule has 0 saturated heterocycles. The lowest BCUT2D eigenvalue weighted by Crippen LogP contribution is -2.09. The van der Waals surface area contributed by atoms with Crippen molar-refractivity contribution in [3.05, 3.63) is 29.3 Å². The maximum Gasteiger partial charge on any atom is 0.340 e. The molecule has 1 aliphatic carbocycles. The van der Waals surface area contributed by atoms with Gasteiger partial charge in [-0.1, -0.05) is 16.9 Å². The molecule has 0 unspecified atom stereocenters. The lowest BCUT2D eigenvalue weighted by molar-refractivity contribution is 0.0690. The smallest absolute Gasteiger partial charge is 0.340 e. The van der Waals surface area contributed by atoms with E-state index in [4.69, 9.17) is 0 Å². The molecule has 0 aromatic carbocycles. The molecule has 0 atom stereocenters. The highest BCUT2D eigenvalue weighted by atomic mass is 32.2. The van der Waals surface area contributed by atoms with Crippen LogP contribution in [0.3, 0.4) is 0 Å². The van der Waals surface area contributed by atoms with Crippen LogP contribution in [0.5, 0.6) is 0 Å². The molecule has 2 aromatic heterocycles. The first-order valence-electron chi connectivity index (χ1n) is 6.15. The van der Waals surface area contributed by atoms with Crippen LogP contribution in [0.4, 0.5) is 0 Å². The van der Waals surface area contributed by atoms with Crippen LogP contribution in [0.15, 0.2) is 15.9 Å². The maximum atomic E-state index is 11.4. The van der Waals surface area contributed by atoms with Crippen molar-refractivity contribution < 1.29 is 14.4 Å². The Morgan fingerprint density at radius 1 is 1.50 bits per heavy atom. The summed E-state index contributed by atoms with van der Waals surface area (Å²) in [5.74, 6) is 1.03. The van der Waals surface area contributed by atoms with Crippen molar-refractivity contribution in [2.75, 3.05) is 0 Å². The monoisotopic (exact) mass is 292 g/mol. The lowest BCUT2D eigenvalue weighted by atomic mass is 10.2. The molecule has 8 heteroatoms. The van der Waals surface area contributed by atoms with Crippen LogP contribution >= 0.6 is 11.8 Å². The molecule has 0 bridgehead atoms. The van der Waals surface area contributed by atoms with E-state index in [1.165, 1.54) is 18.2 Å². The molecule has 20 heavy (non-hydrogen) atoms. The Hall–Kier alpha value is -1.96. The van der Waals surface area contributed by atoms with Gasteiger partial charge in [0, 0.05) is 5.92 Å². The summed E-state index contributed by atoms with van der Waals surface area (Å²) in [5.41, 5.74) is 0.660. The topological polar surface area (TPSA) is 102 Å². The molecular weight excluding hydrogens is 280 g/mol. The lowest BCUT2D eigenvalue weighted by Gasteiger charge is -2.09. The zero-order valence-corrected chi connectivity index (χ0v) is 11.6. The fourth-order valence-corrected chi connectivity index (χ4v) is 2.76. The molecule has 2 heterocycles. The van der Waals surface area contributed by atoms with Gasteiger partial charge < -0.3 is 9.63 Å². The average molecular weight is 292 g/mol. The Bertz CT molecular complexity index is 640. The zero-order valence-electron chi connectivity index (χ0n) is 10.7. The largest absolute Gasteiger partial charge is 0.478 e. The second kappa shape index (κ2) is 5.20. The third kappa shape index (κ3) is 2.64. The summed E-state index contributed by atoms with van der Waals surface area (Å²) in [4.78, 5) is 24.0. The molecule has 0 amide bonds. The van der Waals surface area contributed by atoms with E-state index in [1.807, 2.05) is 0 Å². The number of hydrogen-bond acceptors (Lipinski definition) is 7. The summed E-state index contributed by atoms with van der Waals surface area (Å²) in [6.07, 6.45) is 3.39. The number of aryl methyl sites for hydroxylation is 1. The van der Waals surface area contributed by atoms with Crippen molar-refractivity contribution in [2.24, 2.45) is 0 Å². The molecule has 1 fully saturated rings. The van der Waals surface area contributed by atoms with E-state index in [-0.39, 0.29) is 5.56 Å². The van der Waals surface area contributed by atoms with Crippen LogP contribution in [-0.4, -0.2) is 31.2 Å². The minimum absolute atomic E-state index is 0.155. The molecule has 0 radical (unpaired) electrons. The first kappa shape index (κ1) is 13.0. The normalized spacial score (nSPS) is 14.4. The summed E-state index contributed by atoms with van der Waals surface area (Å²) in [6, 6.07) is 0. The van der Waals surface area contributed by atoms with E-state index in [1.54, 1.807) is 6.92 Å². The summed E-state index contributed by atoms with van der Waals surface area (Å²) in [6.45, 7) is 1.70. The molecular formula is C12H12N4O3S. The van der Waals surface area contributed by atoms with Crippen LogP contribution in [0, 0.1) is 6.92 Å². The van der Waals surface area contributed by atoms with Crippen molar-refractivity contribution in [3.8, 4) is 0 Å². The minimum Gasteiger partial charge on any atom is -0.478 e. The second-order valence-corrected chi connectivity index (χ2v) is 5.53. The van der Waals surface area contributed by atoms with Gasteiger partial charge in [0.05, 0.1) is 11.4 Å². The van der Waals surface area contributed by atoms with Gasteiger partial charge in [-0.25, -0.2) is 14.8 Å². The van der Waals surface area contributed by atoms with Gasteiger partial charge in [0.25, 0.3) is 0 Å². The van der Waals surface area contributed by atoms with Crippen molar-refractivity contribution in [1.29, 1.82) is 0 Å². The van der Waals surface area contributed by atoms with Gasteiger partial charge in [-0.3, -0.25) is 0 Å². The Labute approximate surface area is 118 Å². The third-order valence-corrected chi connectivity index (χ3v) is 3.95. The standard InChI is InChI=1S/C12H12N4O3S/c1-6-9(12(17)18)11(15-10(14-6)7-2-3-7)20-4-8-13-5-19-16-8/h5,7H,2-4H2,1H3,(H,17,18). The SMILES string of the molecule is Cc1nc(C2CC2)nc(SCc2ncon2)c1C(=O)O. The second-order valence-electron chi connectivity index (χ2n) is 4.56. The van der Waals surface area contributed by atoms with E-state index in [0.29, 0.717) is 28.2 Å². The Balaban J connectivity index is 1.91. The summed E-state index contributed by atoms with van der Waals surface area (Å²) in [5, 5.41) is 13.5. The quantitative estimate of drug-likeness (QED) is 0.659. The predicted molar refractivity (Wildman–Crippen MR) is 69.6 cm³/mol. The molecule has 2 aromatic rings. The van der Waals surface area contributed by atoms with Crippen molar-refractivity contribution in [3.63, 3.8) is 0 Å². The van der Waals surface area contributed by atoms with E-state index in [0.717, 1.165) is 18.7 Å². The van der Waals surface area contributed by atoms with Crippen molar-refractivity contribution in [1.82, 2.24) is 20.1 Å². The summed E-state index contributed by atoms with van der Waals surface area (Å²) < 4.78 is 4.65. The highest BCUT2D eigenvalue weighted by Gasteiger charge is 2.29. The molecule has 1 aliphatic rings. The highest BCUT2D eigenvalue weighted by Crippen LogP contribution is 2.39. The first-order valence-corrected chi connectivity index (χ1v) is 7.13. The number of carbonyl (C=O) groups is 1. The van der Waals surface area contributed by atoms with E-state index in [2.05, 4.69) is 24.6 Å². The van der Waals surface area contributed by atoms with Crippen molar-refractivity contribution >= 4 is 17.7 Å². The fourth-order valence-electron chi connectivity index (χ4n) is 1.83. The Morgan fingerprint density at radius 3 is 2.90 bits per heavy atom. The molecule has 0 spiro atoms. The number of hydrogen-bond donors (Lipinski definition) is 1. The van der Waals surface area contributed by atoms with E-state index >= 15 is 0 Å². The highest BCUT2D eigenvalue weighted by molar-refractivity contribution is 7.98. The summed E-state index contributed by atoms with van der Waals surface area (Å²) >= 11 is 1.29. The fraction of sp³-hybridized carbons (Fsp3) is 0.417. The number of rotatable bonds is 5. The Morgan fingerprint density at radius 2 is 2.30 bits per heavy atom. The molecule has 104 valence electrons. The minimum atomic E-state index is -1.01. The van der Waals surface area contributed by atoms with Gasteiger partial charge in [0.2, 0.25) is 6.39 Å². The van der Waals surface area contributed by atoms with E-state index in [9.17, 15) is 9.90 Å². The van der Waals surface area contributed by atoms with Gasteiger partial charge in [-0.2, -0.15) is 4.98 Å². The van der Waals surface area contributed by atoms with Crippen LogP contribution in [0.25, 0.3) is 0 Å². The number of thioether (sulfide) groups is 1.